The highest BCUT2D eigenvalue weighted by Gasteiger charge is 2.38. The summed E-state index contributed by atoms with van der Waals surface area (Å²) in [4.78, 5) is 2.51. The first kappa shape index (κ1) is 16.4. The smallest absolute Gasteiger partial charge is 0.127 e. The SMILES string of the molecule is CC1(C)Cc2cccc(CN3CCOCC3C3CCCC3O)c2O1. The summed E-state index contributed by atoms with van der Waals surface area (Å²) in [7, 11) is 0. The van der Waals surface area contributed by atoms with E-state index in [0.29, 0.717) is 12.0 Å². The van der Waals surface area contributed by atoms with Crippen LogP contribution in [-0.2, 0) is 17.7 Å². The maximum Gasteiger partial charge on any atom is 0.127 e. The van der Waals surface area contributed by atoms with Crippen LogP contribution < -0.4 is 4.74 Å². The monoisotopic (exact) mass is 331 g/mol. The van der Waals surface area contributed by atoms with Gasteiger partial charge in [0.05, 0.1) is 19.3 Å². The molecule has 0 aromatic heterocycles. The first-order valence-electron chi connectivity index (χ1n) is 9.33. The molecule has 2 fully saturated rings. The van der Waals surface area contributed by atoms with Crippen LogP contribution in [0.4, 0.5) is 0 Å². The van der Waals surface area contributed by atoms with E-state index in [4.69, 9.17) is 9.47 Å². The molecule has 1 aromatic rings. The molecule has 1 saturated heterocycles. The van der Waals surface area contributed by atoms with Gasteiger partial charge in [0.25, 0.3) is 0 Å². The molecule has 132 valence electrons. The topological polar surface area (TPSA) is 41.9 Å². The first-order valence-corrected chi connectivity index (χ1v) is 9.33. The molecule has 2 aliphatic heterocycles. The normalized spacial score (nSPS) is 32.5. The second-order valence-electron chi connectivity index (χ2n) is 8.22. The van der Waals surface area contributed by atoms with Crippen LogP contribution in [0.25, 0.3) is 0 Å². The predicted molar refractivity (Wildman–Crippen MR) is 93.2 cm³/mol. The van der Waals surface area contributed by atoms with Gasteiger partial charge in [-0.25, -0.2) is 0 Å². The van der Waals surface area contributed by atoms with Crippen molar-refractivity contribution < 1.29 is 14.6 Å². The Bertz CT molecular complexity index is 601. The number of nitrogens with zero attached hydrogens (tertiary/aromatic N) is 1. The molecular formula is C20H29NO3. The molecule has 3 aliphatic rings. The summed E-state index contributed by atoms with van der Waals surface area (Å²) in [6, 6.07) is 6.85. The van der Waals surface area contributed by atoms with Gasteiger partial charge in [0.1, 0.15) is 11.4 Å². The summed E-state index contributed by atoms with van der Waals surface area (Å²) in [6.45, 7) is 7.65. The number of hydrogen-bond acceptors (Lipinski definition) is 4. The highest BCUT2D eigenvalue weighted by atomic mass is 16.5. The lowest BCUT2D eigenvalue weighted by atomic mass is 9.93. The van der Waals surface area contributed by atoms with E-state index in [1.807, 2.05) is 0 Å². The maximum absolute atomic E-state index is 10.3. The molecule has 0 amide bonds. The summed E-state index contributed by atoms with van der Waals surface area (Å²) in [5.41, 5.74) is 2.49. The summed E-state index contributed by atoms with van der Waals surface area (Å²) in [5.74, 6) is 1.43. The average molecular weight is 331 g/mol. The fourth-order valence-corrected chi connectivity index (χ4v) is 4.69. The Labute approximate surface area is 144 Å². The molecule has 1 aliphatic carbocycles. The minimum absolute atomic E-state index is 0.107. The van der Waals surface area contributed by atoms with Gasteiger partial charge in [-0.2, -0.15) is 0 Å². The quantitative estimate of drug-likeness (QED) is 0.925. The van der Waals surface area contributed by atoms with Gasteiger partial charge in [-0.05, 0) is 32.3 Å². The third-order valence-electron chi connectivity index (χ3n) is 5.85. The van der Waals surface area contributed by atoms with Crippen LogP contribution in [0.15, 0.2) is 18.2 Å². The number of rotatable bonds is 3. The lowest BCUT2D eigenvalue weighted by Gasteiger charge is -2.40. The summed E-state index contributed by atoms with van der Waals surface area (Å²) in [6.07, 6.45) is 3.99. The van der Waals surface area contributed by atoms with E-state index in [9.17, 15) is 5.11 Å². The number of para-hydroxylation sites is 1. The standard InChI is InChI=1S/C20H29NO3/c1-20(2)11-14-5-3-6-15(19(14)24-20)12-21-9-10-23-13-17(21)16-7-4-8-18(16)22/h3,5-6,16-18,22H,4,7-13H2,1-2H3. The molecule has 4 nitrogen and oxygen atoms in total. The van der Waals surface area contributed by atoms with Crippen LogP contribution in [0, 0.1) is 5.92 Å². The molecule has 4 rings (SSSR count). The molecule has 2 heterocycles. The van der Waals surface area contributed by atoms with Crippen LogP contribution >= 0.6 is 0 Å². The fraction of sp³-hybridized carbons (Fsp3) is 0.700. The fourth-order valence-electron chi connectivity index (χ4n) is 4.69. The van der Waals surface area contributed by atoms with E-state index < -0.39 is 0 Å². The lowest BCUT2D eigenvalue weighted by Crippen LogP contribution is -2.50. The zero-order chi connectivity index (χ0) is 16.7. The van der Waals surface area contributed by atoms with Gasteiger partial charge < -0.3 is 14.6 Å². The van der Waals surface area contributed by atoms with Crippen molar-refractivity contribution in [1.82, 2.24) is 4.90 Å². The van der Waals surface area contributed by atoms with E-state index in [-0.39, 0.29) is 11.7 Å². The molecule has 4 heteroatoms. The lowest BCUT2D eigenvalue weighted by molar-refractivity contribution is -0.0539. The molecule has 3 unspecified atom stereocenters. The Morgan fingerprint density at radius 1 is 1.29 bits per heavy atom. The number of hydrogen-bond donors (Lipinski definition) is 1. The highest BCUT2D eigenvalue weighted by Crippen LogP contribution is 2.39. The van der Waals surface area contributed by atoms with Gasteiger partial charge in [0.2, 0.25) is 0 Å². The third-order valence-corrected chi connectivity index (χ3v) is 5.85. The van der Waals surface area contributed by atoms with Crippen LogP contribution in [-0.4, -0.2) is 47.5 Å². The summed E-state index contributed by atoms with van der Waals surface area (Å²) >= 11 is 0. The molecule has 1 aromatic carbocycles. The van der Waals surface area contributed by atoms with Gasteiger partial charge in [-0.15, -0.1) is 0 Å². The largest absolute Gasteiger partial charge is 0.487 e. The Morgan fingerprint density at radius 2 is 2.17 bits per heavy atom. The van der Waals surface area contributed by atoms with E-state index in [1.54, 1.807) is 0 Å². The molecular weight excluding hydrogens is 302 g/mol. The van der Waals surface area contributed by atoms with Gasteiger partial charge in [0.15, 0.2) is 0 Å². The Hall–Kier alpha value is -1.10. The molecule has 0 radical (unpaired) electrons. The predicted octanol–water partition coefficient (Wildman–Crippen LogP) is 2.76. The summed E-state index contributed by atoms with van der Waals surface area (Å²) in [5, 5.41) is 10.3. The van der Waals surface area contributed by atoms with Crippen molar-refractivity contribution in [2.75, 3.05) is 19.8 Å². The molecule has 0 bridgehead atoms. The number of morpholine rings is 1. The number of ether oxygens (including phenoxy) is 2. The van der Waals surface area contributed by atoms with Gasteiger partial charge in [-0.1, -0.05) is 24.6 Å². The summed E-state index contributed by atoms with van der Waals surface area (Å²) < 4.78 is 12.0. The van der Waals surface area contributed by atoms with Crippen molar-refractivity contribution in [2.24, 2.45) is 5.92 Å². The molecule has 1 saturated carbocycles. The van der Waals surface area contributed by atoms with Crippen LogP contribution in [0.2, 0.25) is 0 Å². The van der Waals surface area contributed by atoms with Crippen molar-refractivity contribution in [3.63, 3.8) is 0 Å². The Morgan fingerprint density at radius 3 is 2.96 bits per heavy atom. The van der Waals surface area contributed by atoms with E-state index >= 15 is 0 Å². The average Bonchev–Trinajstić information content (AvgIpc) is 3.10. The van der Waals surface area contributed by atoms with Crippen LogP contribution in [0.1, 0.15) is 44.2 Å². The van der Waals surface area contributed by atoms with Crippen LogP contribution in [0.5, 0.6) is 5.75 Å². The van der Waals surface area contributed by atoms with E-state index in [0.717, 1.165) is 57.7 Å². The second-order valence-corrected chi connectivity index (χ2v) is 8.22. The Balaban J connectivity index is 1.55. The van der Waals surface area contributed by atoms with E-state index in [2.05, 4.69) is 36.9 Å². The molecule has 24 heavy (non-hydrogen) atoms. The second kappa shape index (κ2) is 6.32. The van der Waals surface area contributed by atoms with Gasteiger partial charge >= 0.3 is 0 Å². The van der Waals surface area contributed by atoms with Crippen molar-refractivity contribution >= 4 is 0 Å². The molecule has 1 N–H and O–H groups in total. The minimum atomic E-state index is -0.170. The van der Waals surface area contributed by atoms with E-state index in [1.165, 1.54) is 11.1 Å². The number of benzene rings is 1. The number of aliphatic hydroxyl groups is 1. The maximum atomic E-state index is 10.3. The zero-order valence-electron chi connectivity index (χ0n) is 14.8. The molecule has 3 atom stereocenters. The first-order chi connectivity index (χ1) is 11.5. The van der Waals surface area contributed by atoms with Crippen molar-refractivity contribution in [3.05, 3.63) is 29.3 Å². The van der Waals surface area contributed by atoms with Crippen molar-refractivity contribution in [3.8, 4) is 5.75 Å². The van der Waals surface area contributed by atoms with Gasteiger partial charge in [-0.3, -0.25) is 4.90 Å². The minimum Gasteiger partial charge on any atom is -0.487 e. The van der Waals surface area contributed by atoms with Crippen LogP contribution in [0.3, 0.4) is 0 Å². The number of fused-ring (bicyclic) bond motifs is 1. The van der Waals surface area contributed by atoms with Gasteiger partial charge in [0, 0.05) is 37.0 Å². The highest BCUT2D eigenvalue weighted by molar-refractivity contribution is 5.45. The molecule has 0 spiro atoms. The van der Waals surface area contributed by atoms with Crippen molar-refractivity contribution in [2.45, 2.75) is 63.8 Å². The van der Waals surface area contributed by atoms with Crippen molar-refractivity contribution in [1.29, 1.82) is 0 Å². The third kappa shape index (κ3) is 3.07. The Kier molecular flexibility index (Phi) is 4.31. The zero-order valence-corrected chi connectivity index (χ0v) is 14.8. The number of aliphatic hydroxyl groups excluding tert-OH is 1.